The summed E-state index contributed by atoms with van der Waals surface area (Å²) in [6, 6.07) is 28.5. The highest BCUT2D eigenvalue weighted by Gasteiger charge is 2.41. The summed E-state index contributed by atoms with van der Waals surface area (Å²) >= 11 is 0. The lowest BCUT2D eigenvalue weighted by molar-refractivity contribution is 0.0745. The van der Waals surface area contributed by atoms with Gasteiger partial charge < -0.3 is 20.1 Å². The van der Waals surface area contributed by atoms with Crippen molar-refractivity contribution in [1.82, 2.24) is 10.6 Å². The van der Waals surface area contributed by atoms with Gasteiger partial charge in [0.05, 0.1) is 20.3 Å². The third-order valence-electron chi connectivity index (χ3n) is 6.98. The second-order valence-corrected chi connectivity index (χ2v) is 9.64. The Morgan fingerprint density at radius 1 is 0.941 bits per heavy atom. The second-order valence-electron chi connectivity index (χ2n) is 9.64. The molecule has 4 rings (SSSR count). The first kappa shape index (κ1) is 24.5. The van der Waals surface area contributed by atoms with Crippen LogP contribution < -0.4 is 15.4 Å². The molecule has 34 heavy (non-hydrogen) atoms. The van der Waals surface area contributed by atoms with Gasteiger partial charge in [0.25, 0.3) is 0 Å². The number of hydrogen-bond acceptors (Lipinski definition) is 4. The predicted octanol–water partition coefficient (Wildman–Crippen LogP) is 5.84. The van der Waals surface area contributed by atoms with Crippen molar-refractivity contribution >= 4 is 0 Å². The molecule has 4 heteroatoms. The number of nitrogens with one attached hydrogen (secondary N) is 2. The lowest BCUT2D eigenvalue weighted by Crippen LogP contribution is -2.40. The summed E-state index contributed by atoms with van der Waals surface area (Å²) in [5.74, 6) is 1.76. The van der Waals surface area contributed by atoms with Crippen molar-refractivity contribution < 1.29 is 9.47 Å². The Balaban J connectivity index is 1.52. The van der Waals surface area contributed by atoms with Gasteiger partial charge >= 0.3 is 0 Å². The van der Waals surface area contributed by atoms with Gasteiger partial charge in [-0.25, -0.2) is 0 Å². The largest absolute Gasteiger partial charge is 0.496 e. The van der Waals surface area contributed by atoms with Crippen molar-refractivity contribution in [3.8, 4) is 5.75 Å². The van der Waals surface area contributed by atoms with Gasteiger partial charge in [-0.2, -0.15) is 0 Å². The molecule has 4 atom stereocenters. The van der Waals surface area contributed by atoms with E-state index in [0.717, 1.165) is 12.3 Å². The molecule has 1 saturated heterocycles. The van der Waals surface area contributed by atoms with Crippen LogP contribution in [0.3, 0.4) is 0 Å². The molecule has 0 aliphatic carbocycles. The maximum absolute atomic E-state index is 6.23. The van der Waals surface area contributed by atoms with Gasteiger partial charge in [-0.3, -0.25) is 0 Å². The fourth-order valence-electron chi connectivity index (χ4n) is 4.96. The molecule has 180 valence electrons. The zero-order chi connectivity index (χ0) is 23.9. The molecule has 0 radical (unpaired) electrons. The van der Waals surface area contributed by atoms with E-state index in [0.29, 0.717) is 31.1 Å². The van der Waals surface area contributed by atoms with E-state index in [-0.39, 0.29) is 12.1 Å². The lowest BCUT2D eigenvalue weighted by atomic mass is 9.91. The standard InChI is InChI=1S/C30H38N2O2/c1-21(2)25-15-16-28(33-4)26(17-25)18-31-30-27(20-34-19-23-11-7-5-8-12-23)22(3)32-29(30)24-13-9-6-10-14-24/h5-17,21-22,27,29-32H,18-20H2,1-4H3/t22-,27+,29+,30+/m1/s1. The number of ether oxygens (including phenoxy) is 2. The Labute approximate surface area is 204 Å². The van der Waals surface area contributed by atoms with Crippen LogP contribution in [0.25, 0.3) is 0 Å². The molecule has 1 aliphatic rings. The molecule has 0 aromatic heterocycles. The maximum atomic E-state index is 6.23. The Bertz CT molecular complexity index is 1020. The van der Waals surface area contributed by atoms with Gasteiger partial charge in [0, 0.05) is 36.2 Å². The number of methoxy groups -OCH3 is 1. The Morgan fingerprint density at radius 2 is 1.65 bits per heavy atom. The quantitative estimate of drug-likeness (QED) is 0.400. The smallest absolute Gasteiger partial charge is 0.123 e. The van der Waals surface area contributed by atoms with Crippen LogP contribution in [0.5, 0.6) is 5.75 Å². The van der Waals surface area contributed by atoms with Gasteiger partial charge in [-0.15, -0.1) is 0 Å². The number of benzene rings is 3. The highest BCUT2D eigenvalue weighted by Crippen LogP contribution is 2.33. The van der Waals surface area contributed by atoms with Gasteiger partial charge in [0.2, 0.25) is 0 Å². The zero-order valence-corrected chi connectivity index (χ0v) is 20.8. The van der Waals surface area contributed by atoms with E-state index in [1.54, 1.807) is 7.11 Å². The third-order valence-corrected chi connectivity index (χ3v) is 6.98. The van der Waals surface area contributed by atoms with Crippen LogP contribution in [0.2, 0.25) is 0 Å². The molecule has 0 saturated carbocycles. The highest BCUT2D eigenvalue weighted by atomic mass is 16.5. The van der Waals surface area contributed by atoms with Crippen LogP contribution in [0, 0.1) is 5.92 Å². The zero-order valence-electron chi connectivity index (χ0n) is 20.8. The molecule has 2 N–H and O–H groups in total. The van der Waals surface area contributed by atoms with Crippen LogP contribution in [0.4, 0.5) is 0 Å². The molecular weight excluding hydrogens is 420 g/mol. The van der Waals surface area contributed by atoms with E-state index in [9.17, 15) is 0 Å². The predicted molar refractivity (Wildman–Crippen MR) is 139 cm³/mol. The minimum Gasteiger partial charge on any atom is -0.496 e. The number of rotatable bonds is 10. The third kappa shape index (κ3) is 5.87. The molecule has 3 aromatic rings. The fraction of sp³-hybridized carbons (Fsp3) is 0.400. The monoisotopic (exact) mass is 458 g/mol. The van der Waals surface area contributed by atoms with E-state index in [1.807, 2.05) is 6.07 Å². The van der Waals surface area contributed by atoms with Crippen LogP contribution in [0.15, 0.2) is 78.9 Å². The molecule has 1 fully saturated rings. The Hall–Kier alpha value is -2.66. The summed E-state index contributed by atoms with van der Waals surface area (Å²) in [4.78, 5) is 0. The molecule has 1 heterocycles. The van der Waals surface area contributed by atoms with Crippen molar-refractivity contribution in [1.29, 1.82) is 0 Å². The summed E-state index contributed by atoms with van der Waals surface area (Å²) in [7, 11) is 1.75. The summed E-state index contributed by atoms with van der Waals surface area (Å²) in [6.45, 7) is 8.82. The molecule has 0 bridgehead atoms. The van der Waals surface area contributed by atoms with E-state index < -0.39 is 0 Å². The molecule has 0 unspecified atom stereocenters. The van der Waals surface area contributed by atoms with Crippen molar-refractivity contribution in [2.75, 3.05) is 13.7 Å². The van der Waals surface area contributed by atoms with Gasteiger partial charge in [0.1, 0.15) is 5.75 Å². The maximum Gasteiger partial charge on any atom is 0.123 e. The van der Waals surface area contributed by atoms with Crippen LogP contribution in [-0.2, 0) is 17.9 Å². The second kappa shape index (κ2) is 11.7. The van der Waals surface area contributed by atoms with E-state index in [1.165, 1.54) is 22.3 Å². The van der Waals surface area contributed by atoms with Crippen molar-refractivity contribution in [3.63, 3.8) is 0 Å². The van der Waals surface area contributed by atoms with Gasteiger partial charge in [-0.1, -0.05) is 86.6 Å². The molecule has 0 amide bonds. The molecule has 3 aromatic carbocycles. The molecule has 0 spiro atoms. The van der Waals surface area contributed by atoms with E-state index in [2.05, 4.69) is 104 Å². The first-order valence-corrected chi connectivity index (χ1v) is 12.4. The summed E-state index contributed by atoms with van der Waals surface area (Å²) in [6.07, 6.45) is 0. The summed E-state index contributed by atoms with van der Waals surface area (Å²) in [5, 5.41) is 7.73. The van der Waals surface area contributed by atoms with E-state index >= 15 is 0 Å². The summed E-state index contributed by atoms with van der Waals surface area (Å²) in [5.41, 5.74) is 5.04. The van der Waals surface area contributed by atoms with Crippen molar-refractivity contribution in [3.05, 3.63) is 101 Å². The average molecular weight is 459 g/mol. The average Bonchev–Trinajstić information content (AvgIpc) is 3.18. The van der Waals surface area contributed by atoms with Crippen LogP contribution in [0.1, 0.15) is 55.0 Å². The topological polar surface area (TPSA) is 42.5 Å². The minimum atomic E-state index is 0.223. The Kier molecular flexibility index (Phi) is 8.39. The van der Waals surface area contributed by atoms with Gasteiger partial charge in [0.15, 0.2) is 0 Å². The van der Waals surface area contributed by atoms with Crippen LogP contribution in [-0.4, -0.2) is 25.8 Å². The van der Waals surface area contributed by atoms with Crippen molar-refractivity contribution in [2.45, 2.75) is 58.0 Å². The fourth-order valence-corrected chi connectivity index (χ4v) is 4.96. The molecule has 1 aliphatic heterocycles. The Morgan fingerprint density at radius 3 is 2.32 bits per heavy atom. The summed E-state index contributed by atoms with van der Waals surface area (Å²) < 4.78 is 11.9. The first-order chi connectivity index (χ1) is 16.6. The van der Waals surface area contributed by atoms with Gasteiger partial charge in [-0.05, 0) is 35.6 Å². The van der Waals surface area contributed by atoms with Crippen molar-refractivity contribution in [2.24, 2.45) is 5.92 Å². The molecular formula is C30H38N2O2. The molecule has 4 nitrogen and oxygen atoms in total. The number of hydrogen-bond donors (Lipinski definition) is 2. The van der Waals surface area contributed by atoms with Crippen LogP contribution >= 0.6 is 0 Å². The lowest BCUT2D eigenvalue weighted by Gasteiger charge is -2.27. The minimum absolute atomic E-state index is 0.223. The van der Waals surface area contributed by atoms with E-state index in [4.69, 9.17) is 9.47 Å². The normalized spacial score (nSPS) is 22.3. The SMILES string of the molecule is COc1ccc(C(C)C)cc1CN[C@H]1[C@@H](COCc2ccccc2)[C@@H](C)N[C@H]1c1ccccc1. The highest BCUT2D eigenvalue weighted by molar-refractivity contribution is 5.38. The first-order valence-electron chi connectivity index (χ1n) is 12.4.